The van der Waals surface area contributed by atoms with Gasteiger partial charge in [0.05, 0.1) is 23.1 Å². The van der Waals surface area contributed by atoms with Crippen molar-refractivity contribution in [2.75, 3.05) is 50.5 Å². The SMILES string of the molecule is CC1CCCN(C(=O)C(=O)Nc2cnc(N)c(C=N)c2N)C1.CN(C)CCc1ccccc1. The fraction of sp³-hybridized carbons (Fsp3) is 0.417. The third kappa shape index (κ3) is 7.87. The van der Waals surface area contributed by atoms with Crippen LogP contribution in [-0.2, 0) is 16.0 Å². The van der Waals surface area contributed by atoms with Crippen LogP contribution in [0.5, 0.6) is 0 Å². The minimum Gasteiger partial charge on any atom is -0.396 e. The van der Waals surface area contributed by atoms with Crippen molar-refractivity contribution in [1.29, 1.82) is 5.41 Å². The second-order valence-corrected chi connectivity index (χ2v) is 8.52. The second-order valence-electron chi connectivity index (χ2n) is 8.52. The zero-order valence-electron chi connectivity index (χ0n) is 19.7. The van der Waals surface area contributed by atoms with Gasteiger partial charge in [0.25, 0.3) is 0 Å². The number of likely N-dealkylation sites (tertiary alicyclic amines) is 1. The number of carbonyl (C=O) groups excluding carboxylic acids is 2. The molecular weight excluding hydrogens is 418 g/mol. The molecule has 1 saturated heterocycles. The van der Waals surface area contributed by atoms with E-state index in [1.54, 1.807) is 4.90 Å². The Morgan fingerprint density at radius 3 is 2.58 bits per heavy atom. The molecule has 1 aliphatic heterocycles. The van der Waals surface area contributed by atoms with E-state index in [1.165, 1.54) is 11.8 Å². The Balaban J connectivity index is 0.000000294. The van der Waals surface area contributed by atoms with Gasteiger partial charge in [-0.2, -0.15) is 0 Å². The van der Waals surface area contributed by atoms with Gasteiger partial charge in [-0.3, -0.25) is 9.59 Å². The molecule has 2 heterocycles. The first kappa shape index (κ1) is 25.8. The molecule has 178 valence electrons. The molecular formula is C24H35N7O2. The summed E-state index contributed by atoms with van der Waals surface area (Å²) in [5.74, 6) is -0.859. The number of nitrogens with one attached hydrogen (secondary N) is 2. The molecule has 1 aliphatic rings. The molecule has 6 N–H and O–H groups in total. The molecule has 2 aromatic rings. The van der Waals surface area contributed by atoms with Gasteiger partial charge in [-0.1, -0.05) is 37.3 Å². The van der Waals surface area contributed by atoms with Crippen molar-refractivity contribution in [1.82, 2.24) is 14.8 Å². The molecule has 33 heavy (non-hydrogen) atoms. The van der Waals surface area contributed by atoms with Crippen molar-refractivity contribution in [2.45, 2.75) is 26.2 Å². The van der Waals surface area contributed by atoms with Crippen LogP contribution < -0.4 is 16.8 Å². The van der Waals surface area contributed by atoms with E-state index in [9.17, 15) is 9.59 Å². The Kier molecular flexibility index (Phi) is 9.81. The predicted molar refractivity (Wildman–Crippen MR) is 133 cm³/mol. The Bertz CT molecular complexity index is 947. The average Bonchev–Trinajstić information content (AvgIpc) is 2.80. The molecule has 1 aromatic heterocycles. The first-order valence-corrected chi connectivity index (χ1v) is 11.1. The molecule has 9 nitrogen and oxygen atoms in total. The summed E-state index contributed by atoms with van der Waals surface area (Å²) in [6, 6.07) is 10.6. The van der Waals surface area contributed by atoms with Gasteiger partial charge in [0.15, 0.2) is 0 Å². The van der Waals surface area contributed by atoms with Gasteiger partial charge >= 0.3 is 11.8 Å². The third-order valence-corrected chi connectivity index (χ3v) is 5.41. The van der Waals surface area contributed by atoms with Gasteiger partial charge in [0.2, 0.25) is 0 Å². The third-order valence-electron chi connectivity index (χ3n) is 5.41. The Hall–Kier alpha value is -3.46. The number of carbonyl (C=O) groups is 2. The molecule has 9 heteroatoms. The van der Waals surface area contributed by atoms with Gasteiger partial charge < -0.3 is 32.0 Å². The molecule has 0 bridgehead atoms. The number of aromatic nitrogens is 1. The standard InChI is InChI=1S/C14H20N6O2.C10H15N/c1-8-3-2-4-20(7-8)14(22)13(21)19-10-6-18-12(17)9(5-15)11(10)16;1-11(2)9-8-10-6-4-3-5-7-10/h5-6,8,15H,2-4,7H2,1H3,(H,19,21)(H4,16,17,18);3-7H,8-9H2,1-2H3. The molecule has 2 amide bonds. The van der Waals surface area contributed by atoms with E-state index in [2.05, 4.69) is 66.6 Å². The number of nitrogens with two attached hydrogens (primary N) is 2. The quantitative estimate of drug-likeness (QED) is 0.404. The van der Waals surface area contributed by atoms with Gasteiger partial charge in [0, 0.05) is 25.8 Å². The minimum atomic E-state index is -0.761. The Labute approximate surface area is 195 Å². The van der Waals surface area contributed by atoms with Crippen LogP contribution in [0.25, 0.3) is 0 Å². The fourth-order valence-corrected chi connectivity index (χ4v) is 3.50. The van der Waals surface area contributed by atoms with E-state index in [1.807, 2.05) is 0 Å². The highest BCUT2D eigenvalue weighted by atomic mass is 16.2. The fourth-order valence-electron chi connectivity index (χ4n) is 3.50. The van der Waals surface area contributed by atoms with E-state index >= 15 is 0 Å². The van der Waals surface area contributed by atoms with Gasteiger partial charge in [-0.25, -0.2) is 4.98 Å². The lowest BCUT2D eigenvalue weighted by Gasteiger charge is -2.30. The molecule has 0 aliphatic carbocycles. The van der Waals surface area contributed by atoms with Crippen molar-refractivity contribution in [3.8, 4) is 0 Å². The number of nitrogens with zero attached hydrogens (tertiary/aromatic N) is 3. The largest absolute Gasteiger partial charge is 0.396 e. The van der Waals surface area contributed by atoms with E-state index in [0.29, 0.717) is 19.0 Å². The van der Waals surface area contributed by atoms with Crippen LogP contribution in [0.1, 0.15) is 30.9 Å². The van der Waals surface area contributed by atoms with E-state index < -0.39 is 11.8 Å². The van der Waals surface area contributed by atoms with Crippen LogP contribution in [0, 0.1) is 11.3 Å². The summed E-state index contributed by atoms with van der Waals surface area (Å²) in [5, 5.41) is 9.71. The molecule has 1 atom stereocenters. The molecule has 1 fully saturated rings. The molecule has 0 radical (unpaired) electrons. The number of anilines is 3. The summed E-state index contributed by atoms with van der Waals surface area (Å²) in [4.78, 5) is 31.8. The first-order valence-electron chi connectivity index (χ1n) is 11.1. The van der Waals surface area contributed by atoms with Crippen molar-refractivity contribution in [3.05, 3.63) is 47.7 Å². The van der Waals surface area contributed by atoms with Crippen molar-refractivity contribution >= 4 is 35.2 Å². The first-order chi connectivity index (χ1) is 15.7. The summed E-state index contributed by atoms with van der Waals surface area (Å²) in [7, 11) is 4.20. The highest BCUT2D eigenvalue weighted by Gasteiger charge is 2.26. The number of piperidine rings is 1. The average molecular weight is 454 g/mol. The van der Waals surface area contributed by atoms with Crippen LogP contribution in [0.2, 0.25) is 0 Å². The molecule has 3 rings (SSSR count). The summed E-state index contributed by atoms with van der Waals surface area (Å²) >= 11 is 0. The zero-order valence-corrected chi connectivity index (χ0v) is 19.7. The van der Waals surface area contributed by atoms with E-state index in [-0.39, 0.29) is 22.8 Å². The maximum absolute atomic E-state index is 12.2. The number of hydrogen-bond donors (Lipinski definition) is 4. The maximum atomic E-state index is 12.2. The predicted octanol–water partition coefficient (Wildman–Crippen LogP) is 2.23. The number of likely N-dealkylation sites (N-methyl/N-ethyl adjacent to an activating group) is 1. The zero-order chi connectivity index (χ0) is 24.4. The van der Waals surface area contributed by atoms with Crippen LogP contribution in [0.4, 0.5) is 17.2 Å². The number of nitrogen functional groups attached to an aromatic ring is 2. The number of rotatable bonds is 5. The van der Waals surface area contributed by atoms with E-state index in [4.69, 9.17) is 16.9 Å². The summed E-state index contributed by atoms with van der Waals surface area (Å²) in [6.07, 6.45) is 5.34. The number of pyridine rings is 1. The van der Waals surface area contributed by atoms with E-state index in [0.717, 1.165) is 32.0 Å². The van der Waals surface area contributed by atoms with Gasteiger partial charge in [-0.05, 0) is 44.8 Å². The highest BCUT2D eigenvalue weighted by Crippen LogP contribution is 2.24. The lowest BCUT2D eigenvalue weighted by atomic mass is 10.0. The number of hydrogen-bond acceptors (Lipinski definition) is 7. The van der Waals surface area contributed by atoms with Crippen molar-refractivity contribution < 1.29 is 9.59 Å². The van der Waals surface area contributed by atoms with Gasteiger partial charge in [0.1, 0.15) is 5.82 Å². The summed E-state index contributed by atoms with van der Waals surface area (Å²) in [5.41, 5.74) is 13.4. The smallest absolute Gasteiger partial charge is 0.314 e. The second kappa shape index (κ2) is 12.5. The Morgan fingerprint density at radius 2 is 1.97 bits per heavy atom. The number of amides is 2. The van der Waals surface area contributed by atoms with Crippen molar-refractivity contribution in [3.63, 3.8) is 0 Å². The monoisotopic (exact) mass is 453 g/mol. The molecule has 1 aromatic carbocycles. The summed E-state index contributed by atoms with van der Waals surface area (Å²) in [6.45, 7) is 4.34. The van der Waals surface area contributed by atoms with Crippen molar-refractivity contribution in [2.24, 2.45) is 5.92 Å². The molecule has 0 spiro atoms. The summed E-state index contributed by atoms with van der Waals surface area (Å²) < 4.78 is 0. The van der Waals surface area contributed by atoms with Crippen LogP contribution in [0.15, 0.2) is 36.5 Å². The normalized spacial score (nSPS) is 15.4. The maximum Gasteiger partial charge on any atom is 0.314 e. The highest BCUT2D eigenvalue weighted by molar-refractivity contribution is 6.39. The van der Waals surface area contributed by atoms with Crippen LogP contribution in [-0.4, -0.2) is 66.5 Å². The van der Waals surface area contributed by atoms with Crippen LogP contribution in [0.3, 0.4) is 0 Å². The van der Waals surface area contributed by atoms with Gasteiger partial charge in [-0.15, -0.1) is 0 Å². The molecule has 1 unspecified atom stereocenters. The number of benzene rings is 1. The molecule has 0 saturated carbocycles. The van der Waals surface area contributed by atoms with Crippen LogP contribution >= 0.6 is 0 Å². The lowest BCUT2D eigenvalue weighted by Crippen LogP contribution is -2.44. The Morgan fingerprint density at radius 1 is 1.27 bits per heavy atom. The topological polar surface area (TPSA) is 141 Å². The lowest BCUT2D eigenvalue weighted by molar-refractivity contribution is -0.144. The minimum absolute atomic E-state index is 0.0988.